The third kappa shape index (κ3) is 3.03. The van der Waals surface area contributed by atoms with Gasteiger partial charge in [-0.25, -0.2) is 4.98 Å². The van der Waals surface area contributed by atoms with Gasteiger partial charge in [0.1, 0.15) is 0 Å². The number of nitrogens with one attached hydrogen (secondary N) is 1. The fourth-order valence-electron chi connectivity index (χ4n) is 1.96. The molecule has 5 nitrogen and oxygen atoms in total. The van der Waals surface area contributed by atoms with Crippen molar-refractivity contribution in [3.05, 3.63) is 62.1 Å². The minimum atomic E-state index is -0.403. The molecule has 0 aliphatic carbocycles. The summed E-state index contributed by atoms with van der Waals surface area (Å²) in [5.41, 5.74) is 4.85. The molecule has 1 heterocycles. The van der Waals surface area contributed by atoms with Gasteiger partial charge in [-0.1, -0.05) is 15.9 Å². The van der Waals surface area contributed by atoms with Crippen LogP contribution in [0.15, 0.2) is 46.4 Å². The normalized spacial score (nSPS) is 10.7. The summed E-state index contributed by atoms with van der Waals surface area (Å²) in [7, 11) is 0. The smallest absolute Gasteiger partial charge is 0.270 e. The van der Waals surface area contributed by atoms with Crippen LogP contribution < -0.4 is 5.32 Å². The zero-order valence-corrected chi connectivity index (χ0v) is 13.1. The molecule has 0 spiro atoms. The first kappa shape index (κ1) is 14.0. The van der Waals surface area contributed by atoms with Crippen LogP contribution in [0.5, 0.6) is 0 Å². The number of halogens is 1. The first-order chi connectivity index (χ1) is 10.1. The number of nitrogens with zero attached hydrogens (tertiary/aromatic N) is 2. The molecular formula is C14H10BrN3O2S. The molecule has 3 aromatic rings. The Morgan fingerprint density at radius 2 is 2.14 bits per heavy atom. The second kappa shape index (κ2) is 5.79. The van der Waals surface area contributed by atoms with E-state index in [2.05, 4.69) is 26.2 Å². The minimum absolute atomic E-state index is 0.0803. The van der Waals surface area contributed by atoms with E-state index in [1.54, 1.807) is 17.4 Å². The van der Waals surface area contributed by atoms with Crippen LogP contribution in [0.25, 0.3) is 10.2 Å². The molecule has 3 rings (SSSR count). The Hall–Kier alpha value is -1.99. The molecule has 2 aromatic carbocycles. The van der Waals surface area contributed by atoms with Crippen molar-refractivity contribution in [2.45, 2.75) is 6.54 Å². The zero-order valence-electron chi connectivity index (χ0n) is 10.7. The molecule has 0 saturated heterocycles. The molecule has 0 unspecified atom stereocenters. The number of aromatic nitrogens is 1. The standard InChI is InChI=1S/C14H10BrN3O2S/c15-12-6-11(18(19)20)3-1-9(12)7-16-10-2-4-13-14(5-10)21-8-17-13/h1-6,8,16H,7H2. The van der Waals surface area contributed by atoms with Crippen molar-refractivity contribution in [1.82, 2.24) is 4.98 Å². The highest BCUT2D eigenvalue weighted by molar-refractivity contribution is 9.10. The Labute approximate surface area is 132 Å². The number of rotatable bonds is 4. The summed E-state index contributed by atoms with van der Waals surface area (Å²) in [6, 6.07) is 10.8. The quantitative estimate of drug-likeness (QED) is 0.544. The van der Waals surface area contributed by atoms with Gasteiger partial charge in [-0.15, -0.1) is 11.3 Å². The molecular weight excluding hydrogens is 354 g/mol. The average molecular weight is 364 g/mol. The maximum atomic E-state index is 10.7. The van der Waals surface area contributed by atoms with Crippen molar-refractivity contribution in [3.8, 4) is 0 Å². The first-order valence-corrected chi connectivity index (χ1v) is 7.81. The van der Waals surface area contributed by atoms with Crippen LogP contribution in [-0.2, 0) is 6.54 Å². The van der Waals surface area contributed by atoms with Gasteiger partial charge < -0.3 is 5.32 Å². The lowest BCUT2D eigenvalue weighted by atomic mass is 10.2. The number of thiazole rings is 1. The second-order valence-corrected chi connectivity index (χ2v) is 6.16. The molecule has 0 bridgehead atoms. The van der Waals surface area contributed by atoms with Crippen molar-refractivity contribution in [1.29, 1.82) is 0 Å². The van der Waals surface area contributed by atoms with E-state index in [1.165, 1.54) is 12.1 Å². The molecule has 106 valence electrons. The highest BCUT2D eigenvalue weighted by atomic mass is 79.9. The molecule has 0 atom stereocenters. The monoisotopic (exact) mass is 363 g/mol. The molecule has 7 heteroatoms. The van der Waals surface area contributed by atoms with E-state index in [0.29, 0.717) is 6.54 Å². The maximum Gasteiger partial charge on any atom is 0.270 e. The molecule has 1 N–H and O–H groups in total. The summed E-state index contributed by atoms with van der Waals surface area (Å²) in [6.07, 6.45) is 0. The van der Waals surface area contributed by atoms with Crippen molar-refractivity contribution < 1.29 is 4.92 Å². The number of benzene rings is 2. The molecule has 0 saturated carbocycles. The van der Waals surface area contributed by atoms with E-state index in [1.807, 2.05) is 23.7 Å². The topological polar surface area (TPSA) is 68.1 Å². The number of non-ortho nitro benzene ring substituents is 1. The zero-order chi connectivity index (χ0) is 14.8. The van der Waals surface area contributed by atoms with Gasteiger partial charge in [0.2, 0.25) is 0 Å². The van der Waals surface area contributed by atoms with Crippen LogP contribution in [0.2, 0.25) is 0 Å². The van der Waals surface area contributed by atoms with Gasteiger partial charge in [-0.05, 0) is 29.8 Å². The Morgan fingerprint density at radius 3 is 2.90 bits per heavy atom. The molecule has 0 radical (unpaired) electrons. The molecule has 0 fully saturated rings. The van der Waals surface area contributed by atoms with E-state index < -0.39 is 4.92 Å². The van der Waals surface area contributed by atoms with Crippen molar-refractivity contribution in [3.63, 3.8) is 0 Å². The Kier molecular flexibility index (Phi) is 3.85. The van der Waals surface area contributed by atoms with Gasteiger partial charge in [0.25, 0.3) is 5.69 Å². The second-order valence-electron chi connectivity index (χ2n) is 4.42. The third-order valence-electron chi connectivity index (χ3n) is 3.06. The highest BCUT2D eigenvalue weighted by Crippen LogP contribution is 2.25. The van der Waals surface area contributed by atoms with E-state index in [-0.39, 0.29) is 5.69 Å². The summed E-state index contributed by atoms with van der Waals surface area (Å²) in [4.78, 5) is 14.5. The van der Waals surface area contributed by atoms with E-state index in [9.17, 15) is 10.1 Å². The lowest BCUT2D eigenvalue weighted by Crippen LogP contribution is -2.00. The molecule has 0 aliphatic heterocycles. The number of nitro groups is 1. The summed E-state index contributed by atoms with van der Waals surface area (Å²) < 4.78 is 1.85. The van der Waals surface area contributed by atoms with Gasteiger partial charge in [-0.3, -0.25) is 10.1 Å². The van der Waals surface area contributed by atoms with Gasteiger partial charge in [-0.2, -0.15) is 0 Å². The van der Waals surface area contributed by atoms with E-state index >= 15 is 0 Å². The predicted octanol–water partition coefficient (Wildman–Crippen LogP) is 4.58. The lowest BCUT2D eigenvalue weighted by Gasteiger charge is -2.08. The highest BCUT2D eigenvalue weighted by Gasteiger charge is 2.09. The van der Waals surface area contributed by atoms with Crippen LogP contribution in [-0.4, -0.2) is 9.91 Å². The SMILES string of the molecule is O=[N+]([O-])c1ccc(CNc2ccc3ncsc3c2)c(Br)c1. The first-order valence-electron chi connectivity index (χ1n) is 6.13. The van der Waals surface area contributed by atoms with Crippen molar-refractivity contribution >= 4 is 48.9 Å². The fourth-order valence-corrected chi connectivity index (χ4v) is 3.18. The Balaban J connectivity index is 1.76. The van der Waals surface area contributed by atoms with Gasteiger partial charge in [0, 0.05) is 28.8 Å². The van der Waals surface area contributed by atoms with Crippen LogP contribution in [0.1, 0.15) is 5.56 Å². The Morgan fingerprint density at radius 1 is 1.29 bits per heavy atom. The number of nitro benzene ring substituents is 1. The summed E-state index contributed by atoms with van der Waals surface area (Å²) in [5.74, 6) is 0. The van der Waals surface area contributed by atoms with Crippen molar-refractivity contribution in [2.75, 3.05) is 5.32 Å². The fraction of sp³-hybridized carbons (Fsp3) is 0.0714. The lowest BCUT2D eigenvalue weighted by molar-refractivity contribution is -0.384. The number of anilines is 1. The summed E-state index contributed by atoms with van der Waals surface area (Å²) in [6.45, 7) is 0.586. The largest absolute Gasteiger partial charge is 0.381 e. The molecule has 0 aliphatic rings. The van der Waals surface area contributed by atoms with Crippen molar-refractivity contribution in [2.24, 2.45) is 0 Å². The summed E-state index contributed by atoms with van der Waals surface area (Å²) in [5, 5.41) is 14.0. The van der Waals surface area contributed by atoms with Gasteiger partial charge in [0.15, 0.2) is 0 Å². The minimum Gasteiger partial charge on any atom is -0.381 e. The Bertz CT molecular complexity index is 819. The van der Waals surface area contributed by atoms with Gasteiger partial charge in [0.05, 0.1) is 20.7 Å². The van der Waals surface area contributed by atoms with Crippen LogP contribution in [0, 0.1) is 10.1 Å². The maximum absolute atomic E-state index is 10.7. The molecule has 0 amide bonds. The average Bonchev–Trinajstić information content (AvgIpc) is 2.93. The predicted molar refractivity (Wildman–Crippen MR) is 87.7 cm³/mol. The molecule has 21 heavy (non-hydrogen) atoms. The number of fused-ring (bicyclic) bond motifs is 1. The molecule has 1 aromatic heterocycles. The third-order valence-corrected chi connectivity index (χ3v) is 4.59. The number of hydrogen-bond acceptors (Lipinski definition) is 5. The van der Waals surface area contributed by atoms with Crippen LogP contribution in [0.3, 0.4) is 0 Å². The van der Waals surface area contributed by atoms with E-state index in [0.717, 1.165) is 25.9 Å². The number of hydrogen-bond donors (Lipinski definition) is 1. The van der Waals surface area contributed by atoms with Gasteiger partial charge >= 0.3 is 0 Å². The summed E-state index contributed by atoms with van der Waals surface area (Å²) >= 11 is 4.97. The van der Waals surface area contributed by atoms with Crippen LogP contribution >= 0.6 is 27.3 Å². The van der Waals surface area contributed by atoms with E-state index in [4.69, 9.17) is 0 Å². The van der Waals surface area contributed by atoms with Crippen LogP contribution in [0.4, 0.5) is 11.4 Å².